The van der Waals surface area contributed by atoms with Crippen molar-refractivity contribution >= 4 is 17.3 Å². The minimum atomic E-state index is -4.72. The standard InChI is InChI=1S/C18H16F3NO2S/c1-17(2,3)11-7-5-10(6-8-11)13-12(9-22)15(18(19,20)21)25-14(13)16(23)24-4/h5-8H,1-4H3. The topological polar surface area (TPSA) is 50.1 Å². The molecule has 2 rings (SSSR count). The van der Waals surface area contributed by atoms with Crippen molar-refractivity contribution in [2.24, 2.45) is 0 Å². The van der Waals surface area contributed by atoms with Gasteiger partial charge in [0.2, 0.25) is 0 Å². The van der Waals surface area contributed by atoms with Gasteiger partial charge in [-0.3, -0.25) is 0 Å². The van der Waals surface area contributed by atoms with Crippen LogP contribution in [0.25, 0.3) is 11.1 Å². The Labute approximate surface area is 147 Å². The van der Waals surface area contributed by atoms with Gasteiger partial charge in [0.15, 0.2) is 0 Å². The first-order chi connectivity index (χ1) is 11.5. The molecule has 2 aromatic rings. The lowest BCUT2D eigenvalue weighted by Gasteiger charge is -2.19. The molecule has 0 atom stereocenters. The Bertz CT molecular complexity index is 837. The summed E-state index contributed by atoms with van der Waals surface area (Å²) in [5.74, 6) is -0.896. The summed E-state index contributed by atoms with van der Waals surface area (Å²) in [6.07, 6.45) is -4.72. The predicted octanol–water partition coefficient (Wildman–Crippen LogP) is 5.39. The number of alkyl halides is 3. The molecular formula is C18H16F3NO2S. The lowest BCUT2D eigenvalue weighted by Crippen LogP contribution is -2.10. The Kier molecular flexibility index (Phi) is 4.96. The van der Waals surface area contributed by atoms with Crippen LogP contribution in [0.15, 0.2) is 24.3 Å². The molecule has 1 heterocycles. The number of benzene rings is 1. The van der Waals surface area contributed by atoms with Crippen LogP contribution in [0.5, 0.6) is 0 Å². The van der Waals surface area contributed by atoms with Crippen LogP contribution in [0.4, 0.5) is 13.2 Å². The maximum Gasteiger partial charge on any atom is 0.426 e. The van der Waals surface area contributed by atoms with Gasteiger partial charge in [-0.2, -0.15) is 18.4 Å². The van der Waals surface area contributed by atoms with E-state index in [-0.39, 0.29) is 27.2 Å². The van der Waals surface area contributed by atoms with Crippen LogP contribution in [0.1, 0.15) is 46.4 Å². The molecule has 0 amide bonds. The predicted molar refractivity (Wildman–Crippen MR) is 89.5 cm³/mol. The first-order valence-electron chi connectivity index (χ1n) is 7.34. The zero-order valence-corrected chi connectivity index (χ0v) is 14.9. The smallest absolute Gasteiger partial charge is 0.426 e. The number of rotatable bonds is 2. The van der Waals surface area contributed by atoms with Crippen molar-refractivity contribution in [2.75, 3.05) is 7.11 Å². The molecular weight excluding hydrogens is 351 g/mol. The second kappa shape index (κ2) is 6.52. The second-order valence-electron chi connectivity index (χ2n) is 6.44. The quantitative estimate of drug-likeness (QED) is 0.669. The van der Waals surface area contributed by atoms with Crippen LogP contribution in [0.2, 0.25) is 0 Å². The molecule has 0 aliphatic rings. The molecule has 132 valence electrons. The van der Waals surface area contributed by atoms with E-state index in [1.807, 2.05) is 20.8 Å². The summed E-state index contributed by atoms with van der Waals surface area (Å²) in [4.78, 5) is 10.6. The van der Waals surface area contributed by atoms with Crippen LogP contribution >= 0.6 is 11.3 Å². The fourth-order valence-electron chi connectivity index (χ4n) is 2.39. The minimum Gasteiger partial charge on any atom is -0.465 e. The highest BCUT2D eigenvalue weighted by atomic mass is 32.1. The van der Waals surface area contributed by atoms with Crippen LogP contribution in [0.3, 0.4) is 0 Å². The molecule has 0 saturated carbocycles. The monoisotopic (exact) mass is 367 g/mol. The number of ether oxygens (including phenoxy) is 1. The van der Waals surface area contributed by atoms with Gasteiger partial charge in [-0.05, 0) is 16.5 Å². The molecule has 0 aliphatic carbocycles. The van der Waals surface area contributed by atoms with Gasteiger partial charge in [0.25, 0.3) is 0 Å². The molecule has 0 N–H and O–H groups in total. The number of carbonyl (C=O) groups excluding carboxylic acids is 1. The zero-order chi connectivity index (χ0) is 19.0. The molecule has 0 spiro atoms. The van der Waals surface area contributed by atoms with E-state index in [9.17, 15) is 23.2 Å². The van der Waals surface area contributed by atoms with E-state index < -0.39 is 22.6 Å². The number of hydrogen-bond acceptors (Lipinski definition) is 4. The highest BCUT2D eigenvalue weighted by Crippen LogP contribution is 2.44. The number of carbonyl (C=O) groups is 1. The largest absolute Gasteiger partial charge is 0.465 e. The van der Waals surface area contributed by atoms with Crippen LogP contribution in [-0.2, 0) is 16.3 Å². The fraction of sp³-hybridized carbons (Fsp3) is 0.333. The van der Waals surface area contributed by atoms with E-state index in [2.05, 4.69) is 4.74 Å². The first kappa shape index (κ1) is 19.0. The van der Waals surface area contributed by atoms with Crippen molar-refractivity contribution < 1.29 is 22.7 Å². The summed E-state index contributed by atoms with van der Waals surface area (Å²) in [5, 5.41) is 9.28. The summed E-state index contributed by atoms with van der Waals surface area (Å²) < 4.78 is 44.3. The van der Waals surface area contributed by atoms with Crippen LogP contribution in [-0.4, -0.2) is 13.1 Å². The number of thiophene rings is 1. The van der Waals surface area contributed by atoms with E-state index in [0.717, 1.165) is 12.7 Å². The molecule has 1 aromatic heterocycles. The van der Waals surface area contributed by atoms with Crippen molar-refractivity contribution in [1.29, 1.82) is 5.26 Å². The number of methoxy groups -OCH3 is 1. The average molecular weight is 367 g/mol. The van der Waals surface area contributed by atoms with E-state index in [1.54, 1.807) is 30.3 Å². The number of esters is 1. The lowest BCUT2D eigenvalue weighted by atomic mass is 9.86. The van der Waals surface area contributed by atoms with Crippen LogP contribution in [0, 0.1) is 11.3 Å². The summed E-state index contributed by atoms with van der Waals surface area (Å²) in [6.45, 7) is 6.03. The molecule has 0 unspecified atom stereocenters. The molecule has 3 nitrogen and oxygen atoms in total. The Hall–Kier alpha value is -2.33. The number of halogens is 3. The molecule has 0 saturated heterocycles. The third-order valence-electron chi connectivity index (χ3n) is 3.69. The van der Waals surface area contributed by atoms with Gasteiger partial charge >= 0.3 is 12.1 Å². The van der Waals surface area contributed by atoms with Gasteiger partial charge in [0.1, 0.15) is 15.8 Å². The molecule has 0 fully saturated rings. The maximum atomic E-state index is 13.2. The highest BCUT2D eigenvalue weighted by Gasteiger charge is 2.40. The molecule has 0 radical (unpaired) electrons. The molecule has 1 aromatic carbocycles. The normalized spacial score (nSPS) is 11.9. The van der Waals surface area contributed by atoms with Crippen molar-refractivity contribution in [1.82, 2.24) is 0 Å². The number of nitrogens with zero attached hydrogens (tertiary/aromatic N) is 1. The van der Waals surface area contributed by atoms with Crippen molar-refractivity contribution in [3.05, 3.63) is 45.1 Å². The Balaban J connectivity index is 2.73. The van der Waals surface area contributed by atoms with Crippen molar-refractivity contribution in [2.45, 2.75) is 32.4 Å². The summed E-state index contributed by atoms with van der Waals surface area (Å²) >= 11 is 0.233. The summed E-state index contributed by atoms with van der Waals surface area (Å²) in [6, 6.07) is 8.40. The Morgan fingerprint density at radius 1 is 1.16 bits per heavy atom. The number of nitriles is 1. The Morgan fingerprint density at radius 3 is 2.12 bits per heavy atom. The van der Waals surface area contributed by atoms with Gasteiger partial charge in [0, 0.05) is 5.56 Å². The van der Waals surface area contributed by atoms with Crippen LogP contribution < -0.4 is 0 Å². The van der Waals surface area contributed by atoms with E-state index in [0.29, 0.717) is 5.56 Å². The minimum absolute atomic E-state index is 0.0351. The van der Waals surface area contributed by atoms with E-state index >= 15 is 0 Å². The third-order valence-corrected chi connectivity index (χ3v) is 4.90. The second-order valence-corrected chi connectivity index (χ2v) is 7.46. The third kappa shape index (κ3) is 3.69. The summed E-state index contributed by atoms with van der Waals surface area (Å²) in [7, 11) is 1.09. The lowest BCUT2D eigenvalue weighted by molar-refractivity contribution is -0.134. The molecule has 25 heavy (non-hydrogen) atoms. The van der Waals surface area contributed by atoms with E-state index in [1.165, 1.54) is 0 Å². The van der Waals surface area contributed by atoms with Gasteiger partial charge in [-0.25, -0.2) is 4.79 Å². The van der Waals surface area contributed by atoms with Gasteiger partial charge in [0.05, 0.1) is 12.7 Å². The van der Waals surface area contributed by atoms with Gasteiger partial charge < -0.3 is 4.74 Å². The highest BCUT2D eigenvalue weighted by molar-refractivity contribution is 7.15. The van der Waals surface area contributed by atoms with E-state index in [4.69, 9.17) is 0 Å². The number of hydrogen-bond donors (Lipinski definition) is 0. The van der Waals surface area contributed by atoms with Crippen molar-refractivity contribution in [3.8, 4) is 17.2 Å². The maximum absolute atomic E-state index is 13.2. The Morgan fingerprint density at radius 2 is 1.72 bits per heavy atom. The van der Waals surface area contributed by atoms with Gasteiger partial charge in [-0.15, -0.1) is 11.3 Å². The SMILES string of the molecule is COC(=O)c1sc(C(F)(F)F)c(C#N)c1-c1ccc(C(C)(C)C)cc1. The molecule has 0 bridgehead atoms. The summed E-state index contributed by atoms with van der Waals surface area (Å²) in [5.41, 5.74) is 0.638. The zero-order valence-electron chi connectivity index (χ0n) is 14.1. The molecule has 0 aliphatic heterocycles. The fourth-order valence-corrected chi connectivity index (χ4v) is 3.44. The first-order valence-corrected chi connectivity index (χ1v) is 8.15. The molecule has 7 heteroatoms. The van der Waals surface area contributed by atoms with Crippen molar-refractivity contribution in [3.63, 3.8) is 0 Å². The average Bonchev–Trinajstić information content (AvgIpc) is 2.93. The van der Waals surface area contributed by atoms with Gasteiger partial charge in [-0.1, -0.05) is 45.0 Å².